The highest BCUT2D eigenvalue weighted by Gasteiger charge is 2.05. The fourth-order valence-electron chi connectivity index (χ4n) is 2.29. The molecule has 25 heavy (non-hydrogen) atoms. The van der Waals surface area contributed by atoms with Crippen LogP contribution in [0.25, 0.3) is 6.08 Å². The van der Waals surface area contributed by atoms with Crippen LogP contribution in [0.5, 0.6) is 0 Å². The molecule has 0 aliphatic carbocycles. The first kappa shape index (κ1) is 24.1. The molecule has 0 fully saturated rings. The summed E-state index contributed by atoms with van der Waals surface area (Å²) in [5.74, 6) is 0. The van der Waals surface area contributed by atoms with Gasteiger partial charge in [-0.05, 0) is 24.3 Å². The molecule has 1 heterocycles. The predicted molar refractivity (Wildman–Crippen MR) is 107 cm³/mol. The zero-order valence-corrected chi connectivity index (χ0v) is 19.1. The van der Waals surface area contributed by atoms with Crippen molar-refractivity contribution < 1.29 is 28.5 Å². The number of rotatable bonds is 8. The van der Waals surface area contributed by atoms with E-state index in [1.165, 1.54) is 49.2 Å². The van der Waals surface area contributed by atoms with Crippen LogP contribution < -0.4 is 28.5 Å². The average molecular weight is 472 g/mol. The molecule has 2 nitrogen and oxygen atoms in total. The van der Waals surface area contributed by atoms with Crippen molar-refractivity contribution in [2.24, 2.45) is 0 Å². The fourth-order valence-corrected chi connectivity index (χ4v) is 2.98. The van der Waals surface area contributed by atoms with Crippen LogP contribution in [-0.2, 0) is 6.54 Å². The smallest absolute Gasteiger partial charge is 0.234 e. The Bertz CT molecular complexity index is 564. The number of thiazole rings is 1. The van der Waals surface area contributed by atoms with Crippen LogP contribution in [-0.4, -0.2) is 19.0 Å². The van der Waals surface area contributed by atoms with E-state index in [-0.39, 0.29) is 24.0 Å². The first-order chi connectivity index (χ1) is 11.6. The maximum Gasteiger partial charge on any atom is 0.234 e. The Hall–Kier alpha value is -0.880. The number of unbranched alkanes of at least 4 members (excludes halogenated alkanes) is 4. The second-order valence-electron chi connectivity index (χ2n) is 6.22. The Morgan fingerprint density at radius 2 is 1.72 bits per heavy atom. The van der Waals surface area contributed by atoms with Gasteiger partial charge in [-0.3, -0.25) is 0 Å². The number of hydrogen-bond donors (Lipinski definition) is 0. The van der Waals surface area contributed by atoms with Crippen molar-refractivity contribution in [2.45, 2.75) is 52.5 Å². The largest absolute Gasteiger partial charge is 1.00 e. The van der Waals surface area contributed by atoms with Crippen LogP contribution in [0.15, 0.2) is 48.1 Å². The van der Waals surface area contributed by atoms with Crippen LogP contribution in [0.4, 0.5) is 0 Å². The van der Waals surface area contributed by atoms with Gasteiger partial charge in [-0.2, -0.15) is 4.57 Å². The van der Waals surface area contributed by atoms with E-state index in [1.54, 1.807) is 0 Å². The van der Waals surface area contributed by atoms with Gasteiger partial charge < -0.3 is 28.9 Å². The van der Waals surface area contributed by atoms with E-state index < -0.39 is 0 Å². The molecule has 2 rings (SSSR count). The third-order valence-electron chi connectivity index (χ3n) is 3.75. The van der Waals surface area contributed by atoms with Gasteiger partial charge in [0, 0.05) is 27.4 Å². The molecule has 1 aromatic heterocycles. The Morgan fingerprint density at radius 3 is 2.28 bits per heavy atom. The molecule has 0 bridgehead atoms. The van der Waals surface area contributed by atoms with Crippen molar-refractivity contribution in [3.8, 4) is 0 Å². The van der Waals surface area contributed by atoms with Crippen molar-refractivity contribution in [1.29, 1.82) is 0 Å². The molecule has 0 amide bonds. The van der Waals surface area contributed by atoms with Gasteiger partial charge in [0.25, 0.3) is 0 Å². The summed E-state index contributed by atoms with van der Waals surface area (Å²) in [6.07, 6.45) is 13.2. The maximum absolute atomic E-state index is 2.36. The Morgan fingerprint density at radius 1 is 1.04 bits per heavy atom. The van der Waals surface area contributed by atoms with Gasteiger partial charge in [0.15, 0.2) is 6.20 Å². The Kier molecular flexibility index (Phi) is 14.8. The van der Waals surface area contributed by atoms with E-state index in [2.05, 4.69) is 48.2 Å². The van der Waals surface area contributed by atoms with Crippen molar-refractivity contribution in [1.82, 2.24) is 4.90 Å². The minimum Gasteiger partial charge on any atom is -1.00 e. The zero-order chi connectivity index (χ0) is 17.6. The van der Waals surface area contributed by atoms with E-state index >= 15 is 0 Å². The van der Waals surface area contributed by atoms with Crippen LogP contribution in [0.1, 0.15) is 49.6 Å². The molecule has 0 saturated carbocycles. The summed E-state index contributed by atoms with van der Waals surface area (Å²) in [7, 11) is 4.03. The van der Waals surface area contributed by atoms with Gasteiger partial charge in [0.05, 0.1) is 5.38 Å². The van der Waals surface area contributed by atoms with E-state index in [0.29, 0.717) is 0 Å². The first-order valence-corrected chi connectivity index (χ1v) is 9.84. The second kappa shape index (κ2) is 15.4. The highest BCUT2D eigenvalue weighted by molar-refractivity contribution is 7.09. The number of aromatic nitrogens is 1. The monoisotopic (exact) mass is 472 g/mol. The van der Waals surface area contributed by atoms with Crippen LogP contribution in [0.2, 0.25) is 0 Å². The highest BCUT2D eigenvalue weighted by Crippen LogP contribution is 2.04. The molecule has 2 aromatic rings. The lowest BCUT2D eigenvalue weighted by Crippen LogP contribution is -3.00. The van der Waals surface area contributed by atoms with Gasteiger partial charge in [-0.25, -0.2) is 0 Å². The minimum atomic E-state index is 0. The van der Waals surface area contributed by atoms with E-state index in [4.69, 9.17) is 0 Å². The zero-order valence-electron chi connectivity index (χ0n) is 16.1. The van der Waals surface area contributed by atoms with Gasteiger partial charge in [0.1, 0.15) is 6.54 Å². The predicted octanol–water partition coefficient (Wildman–Crippen LogP) is 2.54. The summed E-state index contributed by atoms with van der Waals surface area (Å²) in [6.45, 7) is 5.66. The summed E-state index contributed by atoms with van der Waals surface area (Å²) < 4.78 is 2.36. The topological polar surface area (TPSA) is 7.12 Å². The molecular formula is C21H33IN2S. The third-order valence-corrected chi connectivity index (χ3v) is 4.58. The van der Waals surface area contributed by atoms with Crippen molar-refractivity contribution in [3.63, 3.8) is 0 Å². The molecule has 0 radical (unpaired) electrons. The van der Waals surface area contributed by atoms with Gasteiger partial charge in [-0.1, -0.05) is 67.9 Å². The summed E-state index contributed by atoms with van der Waals surface area (Å²) in [5, 5.41) is 3.59. The van der Waals surface area contributed by atoms with E-state index in [0.717, 1.165) is 0 Å². The molecule has 4 heteroatoms. The molecular weight excluding hydrogens is 439 g/mol. The van der Waals surface area contributed by atoms with Gasteiger partial charge in [0.2, 0.25) is 5.01 Å². The van der Waals surface area contributed by atoms with Crippen LogP contribution in [0, 0.1) is 6.92 Å². The number of hydrogen-bond acceptors (Lipinski definition) is 2. The maximum atomic E-state index is 2.36. The van der Waals surface area contributed by atoms with Gasteiger partial charge >= 0.3 is 0 Å². The number of aryl methyl sites for hydroxylation is 2. The van der Waals surface area contributed by atoms with Crippen molar-refractivity contribution >= 4 is 17.4 Å². The molecule has 0 N–H and O–H groups in total. The fraction of sp³-hybridized carbons (Fsp3) is 0.476. The van der Waals surface area contributed by atoms with E-state index in [1.807, 2.05) is 54.7 Å². The Labute approximate surface area is 175 Å². The molecule has 0 unspecified atom stereocenters. The lowest BCUT2D eigenvalue weighted by atomic mass is 10.1. The van der Waals surface area contributed by atoms with Crippen LogP contribution in [0.3, 0.4) is 0 Å². The quantitative estimate of drug-likeness (QED) is 0.326. The SMILES string of the molecule is CCCCCCC[n+]1ccsc1C.CN(C)C=Cc1ccccc1.[I-]. The Balaban J connectivity index is 0.000000449. The van der Waals surface area contributed by atoms with Crippen molar-refractivity contribution in [2.75, 3.05) is 14.1 Å². The third kappa shape index (κ3) is 12.2. The van der Waals surface area contributed by atoms with E-state index in [9.17, 15) is 0 Å². The molecule has 0 saturated heterocycles. The molecule has 0 atom stereocenters. The summed E-state index contributed by atoms with van der Waals surface area (Å²) in [6, 6.07) is 10.3. The average Bonchev–Trinajstić information content (AvgIpc) is 2.99. The summed E-state index contributed by atoms with van der Waals surface area (Å²) in [4.78, 5) is 2.02. The lowest BCUT2D eigenvalue weighted by Gasteiger charge is -2.02. The number of benzene rings is 1. The summed E-state index contributed by atoms with van der Waals surface area (Å²) in [5.41, 5.74) is 1.24. The highest BCUT2D eigenvalue weighted by atomic mass is 127. The molecule has 0 aliphatic heterocycles. The number of nitrogens with zero attached hydrogens (tertiary/aromatic N) is 2. The van der Waals surface area contributed by atoms with Crippen LogP contribution >= 0.6 is 11.3 Å². The standard InChI is InChI=1S/C11H20NS.C10H13N.HI/c1-3-4-5-6-7-8-12-9-10-13-11(12)2;1-11(2)9-8-10-6-4-3-5-7-10;/h9-10H,3-8H2,1-2H3;3-9H,1-2H3;1H/q+1;;/p-1. The van der Waals surface area contributed by atoms with Crippen molar-refractivity contribution in [3.05, 3.63) is 58.7 Å². The normalized spacial score (nSPS) is 10.1. The molecule has 1 aromatic carbocycles. The minimum absolute atomic E-state index is 0. The van der Waals surface area contributed by atoms with Gasteiger partial charge in [-0.15, -0.1) is 0 Å². The first-order valence-electron chi connectivity index (χ1n) is 8.96. The molecule has 0 spiro atoms. The number of halogens is 1. The second-order valence-corrected chi connectivity index (χ2v) is 7.32. The molecule has 0 aliphatic rings. The summed E-state index contributed by atoms with van der Waals surface area (Å²) >= 11 is 1.84. The lowest BCUT2D eigenvalue weighted by molar-refractivity contribution is -0.698. The molecule has 140 valence electrons.